The van der Waals surface area contributed by atoms with Crippen molar-refractivity contribution in [3.05, 3.63) is 28.3 Å². The van der Waals surface area contributed by atoms with Crippen LogP contribution in [0.1, 0.15) is 38.8 Å². The lowest BCUT2D eigenvalue weighted by Crippen LogP contribution is -2.24. The minimum absolute atomic E-state index is 0.204. The topological polar surface area (TPSA) is 29.5 Å². The van der Waals surface area contributed by atoms with Gasteiger partial charge in [0, 0.05) is 12.0 Å². The van der Waals surface area contributed by atoms with Gasteiger partial charge in [-0.15, -0.1) is 0 Å². The Morgan fingerprint density at radius 3 is 2.56 bits per heavy atom. The van der Waals surface area contributed by atoms with Crippen molar-refractivity contribution in [3.8, 4) is 5.75 Å². The van der Waals surface area contributed by atoms with Crippen LogP contribution in [-0.4, -0.2) is 10.7 Å². The largest absolute Gasteiger partial charge is 0.486 e. The van der Waals surface area contributed by atoms with Gasteiger partial charge in [-0.05, 0) is 45.4 Å². The second-order valence-corrected chi connectivity index (χ2v) is 5.95. The zero-order chi connectivity index (χ0) is 12.1. The fourth-order valence-electron chi connectivity index (χ4n) is 2.02. The van der Waals surface area contributed by atoms with Crippen LogP contribution in [0.15, 0.2) is 12.1 Å². The first-order valence-electron chi connectivity index (χ1n) is 5.43. The van der Waals surface area contributed by atoms with Crippen LogP contribution in [0, 0.1) is 0 Å². The van der Waals surface area contributed by atoms with Crippen molar-refractivity contribution in [3.63, 3.8) is 0 Å². The third-order valence-electron chi connectivity index (χ3n) is 2.82. The van der Waals surface area contributed by atoms with E-state index in [0.29, 0.717) is 5.02 Å². The minimum Gasteiger partial charge on any atom is -0.486 e. The molecule has 0 aromatic heterocycles. The van der Waals surface area contributed by atoms with Crippen LogP contribution < -0.4 is 4.74 Å². The molecule has 0 atom stereocenters. The Balaban J connectivity index is 2.50. The van der Waals surface area contributed by atoms with Crippen molar-refractivity contribution in [2.24, 2.45) is 0 Å². The van der Waals surface area contributed by atoms with Gasteiger partial charge in [0.25, 0.3) is 0 Å². The Hall–Kier alpha value is -0.730. The first kappa shape index (κ1) is 11.7. The molecule has 16 heavy (non-hydrogen) atoms. The molecule has 0 bridgehead atoms. The average Bonchev–Trinajstić information content (AvgIpc) is 2.38. The standard InChI is InChI=1S/C13H17ClO2/c1-12(2)7-8-5-9(13(3,4)15)6-10(14)11(8)16-12/h5-6,15H,7H2,1-4H3. The summed E-state index contributed by atoms with van der Waals surface area (Å²) in [5, 5.41) is 10.6. The normalized spacial score (nSPS) is 18.1. The lowest BCUT2D eigenvalue weighted by Gasteiger charge is -2.19. The number of halogens is 1. The predicted octanol–water partition coefficient (Wildman–Crippen LogP) is 3.28. The van der Waals surface area contributed by atoms with Gasteiger partial charge in [-0.25, -0.2) is 0 Å². The lowest BCUT2D eigenvalue weighted by atomic mass is 9.94. The van der Waals surface area contributed by atoms with Crippen molar-refractivity contribution in [2.45, 2.75) is 45.3 Å². The molecule has 1 aliphatic heterocycles. The first-order valence-corrected chi connectivity index (χ1v) is 5.81. The quantitative estimate of drug-likeness (QED) is 0.816. The fourth-order valence-corrected chi connectivity index (χ4v) is 2.30. The molecule has 0 amide bonds. The molecule has 2 nitrogen and oxygen atoms in total. The van der Waals surface area contributed by atoms with Crippen LogP contribution in [0.25, 0.3) is 0 Å². The number of aliphatic hydroxyl groups is 1. The smallest absolute Gasteiger partial charge is 0.142 e. The second-order valence-electron chi connectivity index (χ2n) is 5.54. The Morgan fingerprint density at radius 1 is 1.38 bits per heavy atom. The molecule has 3 heteroatoms. The van der Waals surface area contributed by atoms with Crippen LogP contribution in [-0.2, 0) is 12.0 Å². The van der Waals surface area contributed by atoms with E-state index in [-0.39, 0.29) is 5.60 Å². The zero-order valence-electron chi connectivity index (χ0n) is 10.1. The van der Waals surface area contributed by atoms with Gasteiger partial charge in [0.2, 0.25) is 0 Å². The molecule has 1 aliphatic rings. The van der Waals surface area contributed by atoms with E-state index in [2.05, 4.69) is 0 Å². The Kier molecular flexibility index (Phi) is 2.48. The molecule has 0 saturated carbocycles. The van der Waals surface area contributed by atoms with Crippen LogP contribution in [0.5, 0.6) is 5.75 Å². The van der Waals surface area contributed by atoms with Crippen LogP contribution in [0.4, 0.5) is 0 Å². The molecule has 1 heterocycles. The summed E-state index contributed by atoms with van der Waals surface area (Å²) in [5.74, 6) is 0.764. The van der Waals surface area contributed by atoms with Crippen LogP contribution >= 0.6 is 11.6 Å². The van der Waals surface area contributed by atoms with E-state index in [9.17, 15) is 5.11 Å². The van der Waals surface area contributed by atoms with E-state index in [1.165, 1.54) is 0 Å². The molecule has 2 rings (SSSR count). The number of benzene rings is 1. The summed E-state index contributed by atoms with van der Waals surface area (Å²) >= 11 is 6.17. The summed E-state index contributed by atoms with van der Waals surface area (Å²) in [5.41, 5.74) is 0.836. The van der Waals surface area contributed by atoms with Crippen molar-refractivity contribution in [2.75, 3.05) is 0 Å². The van der Waals surface area contributed by atoms with Gasteiger partial charge >= 0.3 is 0 Å². The third kappa shape index (κ3) is 2.04. The Labute approximate surface area is 101 Å². The number of rotatable bonds is 1. The molecule has 88 valence electrons. The molecule has 0 aliphatic carbocycles. The van der Waals surface area contributed by atoms with Gasteiger partial charge in [-0.1, -0.05) is 11.6 Å². The van der Waals surface area contributed by atoms with E-state index in [0.717, 1.165) is 23.3 Å². The minimum atomic E-state index is -0.870. The molecule has 1 N–H and O–H groups in total. The summed E-state index contributed by atoms with van der Waals surface area (Å²) in [7, 11) is 0. The van der Waals surface area contributed by atoms with E-state index in [1.807, 2.05) is 19.9 Å². The maximum Gasteiger partial charge on any atom is 0.142 e. The summed E-state index contributed by atoms with van der Waals surface area (Å²) in [6, 6.07) is 3.76. The van der Waals surface area contributed by atoms with Crippen molar-refractivity contribution < 1.29 is 9.84 Å². The van der Waals surface area contributed by atoms with Gasteiger partial charge in [0.1, 0.15) is 11.4 Å². The molecule has 0 saturated heterocycles. The molecule has 0 spiro atoms. The molecule has 0 fully saturated rings. The van der Waals surface area contributed by atoms with Gasteiger partial charge in [-0.2, -0.15) is 0 Å². The predicted molar refractivity (Wildman–Crippen MR) is 65.1 cm³/mol. The number of hydrogen-bond donors (Lipinski definition) is 1. The highest BCUT2D eigenvalue weighted by atomic mass is 35.5. The second kappa shape index (κ2) is 3.38. The van der Waals surface area contributed by atoms with Crippen molar-refractivity contribution in [1.29, 1.82) is 0 Å². The summed E-state index contributed by atoms with van der Waals surface area (Å²) in [6.45, 7) is 7.58. The van der Waals surface area contributed by atoms with Crippen LogP contribution in [0.2, 0.25) is 5.02 Å². The SMILES string of the molecule is CC1(C)Cc2cc(C(C)(C)O)cc(Cl)c2O1. The fraction of sp³-hybridized carbons (Fsp3) is 0.538. The Morgan fingerprint density at radius 2 is 2.00 bits per heavy atom. The molecule has 0 unspecified atom stereocenters. The van der Waals surface area contributed by atoms with E-state index in [4.69, 9.17) is 16.3 Å². The number of hydrogen-bond acceptors (Lipinski definition) is 2. The highest BCUT2D eigenvalue weighted by Gasteiger charge is 2.33. The van der Waals surface area contributed by atoms with Gasteiger partial charge in [0.15, 0.2) is 0 Å². The van der Waals surface area contributed by atoms with Gasteiger partial charge < -0.3 is 9.84 Å². The average molecular weight is 241 g/mol. The summed E-state index contributed by atoms with van der Waals surface area (Å²) in [4.78, 5) is 0. The molecule has 1 aromatic carbocycles. The van der Waals surface area contributed by atoms with Crippen molar-refractivity contribution >= 4 is 11.6 Å². The highest BCUT2D eigenvalue weighted by molar-refractivity contribution is 6.32. The van der Waals surface area contributed by atoms with E-state index >= 15 is 0 Å². The number of ether oxygens (including phenoxy) is 1. The zero-order valence-corrected chi connectivity index (χ0v) is 10.9. The first-order chi connectivity index (χ1) is 7.19. The van der Waals surface area contributed by atoms with Crippen molar-refractivity contribution in [1.82, 2.24) is 0 Å². The maximum absolute atomic E-state index is 9.98. The highest BCUT2D eigenvalue weighted by Crippen LogP contribution is 2.42. The molecule has 1 aromatic rings. The maximum atomic E-state index is 9.98. The molecule has 0 radical (unpaired) electrons. The molecular weight excluding hydrogens is 224 g/mol. The van der Waals surface area contributed by atoms with Crippen LogP contribution in [0.3, 0.4) is 0 Å². The lowest BCUT2D eigenvalue weighted by molar-refractivity contribution is 0.0785. The van der Waals surface area contributed by atoms with E-state index in [1.54, 1.807) is 19.9 Å². The number of fused-ring (bicyclic) bond motifs is 1. The monoisotopic (exact) mass is 240 g/mol. The summed E-state index contributed by atoms with van der Waals surface area (Å²) in [6.07, 6.45) is 0.825. The van der Waals surface area contributed by atoms with E-state index < -0.39 is 5.60 Å². The molecular formula is C13H17ClO2. The summed E-state index contributed by atoms with van der Waals surface area (Å²) < 4.78 is 5.78. The van der Waals surface area contributed by atoms with Gasteiger partial charge in [0.05, 0.1) is 10.6 Å². The van der Waals surface area contributed by atoms with Gasteiger partial charge in [-0.3, -0.25) is 0 Å². The third-order valence-corrected chi connectivity index (χ3v) is 3.10. The Bertz CT molecular complexity index is 430.